The Morgan fingerprint density at radius 3 is 2.74 bits per heavy atom. The molecule has 0 aliphatic heterocycles. The van der Waals surface area contributed by atoms with Gasteiger partial charge in [0, 0.05) is 24.3 Å². The van der Waals surface area contributed by atoms with E-state index in [2.05, 4.69) is 15.4 Å². The minimum Gasteiger partial charge on any atom is -0.354 e. The van der Waals surface area contributed by atoms with Crippen molar-refractivity contribution in [3.05, 3.63) is 70.9 Å². The van der Waals surface area contributed by atoms with E-state index in [0.717, 1.165) is 10.9 Å². The summed E-state index contributed by atoms with van der Waals surface area (Å²) in [6.45, 7) is 0.422. The standard InChI is InChI=1S/C17H16N4O2/c22-16(19-10-7-13-5-8-18-9-6-13)12-21-17(23)15-4-2-1-3-14(15)11-20-21/h1-6,8-9,11H,7,10,12H2,(H,19,22). The summed E-state index contributed by atoms with van der Waals surface area (Å²) in [6.07, 6.45) is 5.75. The Morgan fingerprint density at radius 2 is 1.91 bits per heavy atom. The van der Waals surface area contributed by atoms with Gasteiger partial charge in [0.1, 0.15) is 6.54 Å². The smallest absolute Gasteiger partial charge is 0.275 e. The highest BCUT2D eigenvalue weighted by molar-refractivity contribution is 5.81. The number of nitrogens with one attached hydrogen (secondary N) is 1. The zero-order valence-electron chi connectivity index (χ0n) is 12.5. The van der Waals surface area contributed by atoms with Crippen LogP contribution in [0, 0.1) is 0 Å². The molecular weight excluding hydrogens is 292 g/mol. The number of aromatic nitrogens is 3. The summed E-state index contributed by atoms with van der Waals surface area (Å²) in [6, 6.07) is 11.0. The van der Waals surface area contributed by atoms with Gasteiger partial charge in [0.25, 0.3) is 5.56 Å². The Balaban J connectivity index is 1.62. The third kappa shape index (κ3) is 3.60. The summed E-state index contributed by atoms with van der Waals surface area (Å²) >= 11 is 0. The first kappa shape index (κ1) is 14.9. The van der Waals surface area contributed by atoms with Gasteiger partial charge in [-0.05, 0) is 30.2 Å². The Morgan fingerprint density at radius 1 is 1.13 bits per heavy atom. The van der Waals surface area contributed by atoms with Gasteiger partial charge in [-0.1, -0.05) is 18.2 Å². The van der Waals surface area contributed by atoms with Crippen LogP contribution in [0.4, 0.5) is 0 Å². The highest BCUT2D eigenvalue weighted by Gasteiger charge is 2.07. The van der Waals surface area contributed by atoms with Gasteiger partial charge in [-0.15, -0.1) is 0 Å². The van der Waals surface area contributed by atoms with E-state index in [1.54, 1.807) is 30.7 Å². The molecule has 0 aliphatic rings. The molecule has 116 valence electrons. The Hall–Kier alpha value is -3.02. The molecule has 0 aliphatic carbocycles. The number of rotatable bonds is 5. The van der Waals surface area contributed by atoms with Gasteiger partial charge in [-0.3, -0.25) is 14.6 Å². The van der Waals surface area contributed by atoms with Crippen LogP contribution < -0.4 is 10.9 Å². The van der Waals surface area contributed by atoms with Crippen LogP contribution >= 0.6 is 0 Å². The lowest BCUT2D eigenvalue weighted by Gasteiger charge is -2.07. The van der Waals surface area contributed by atoms with Crippen molar-refractivity contribution in [1.82, 2.24) is 20.1 Å². The maximum Gasteiger partial charge on any atom is 0.275 e. The molecule has 0 saturated heterocycles. The van der Waals surface area contributed by atoms with Crippen LogP contribution in [0.3, 0.4) is 0 Å². The first-order valence-electron chi connectivity index (χ1n) is 7.34. The highest BCUT2D eigenvalue weighted by Crippen LogP contribution is 2.06. The van der Waals surface area contributed by atoms with Crippen molar-refractivity contribution in [2.24, 2.45) is 0 Å². The lowest BCUT2D eigenvalue weighted by molar-refractivity contribution is -0.121. The predicted octanol–water partition coefficient (Wildman–Crippen LogP) is 1.15. The molecule has 23 heavy (non-hydrogen) atoms. The second kappa shape index (κ2) is 6.83. The first-order valence-corrected chi connectivity index (χ1v) is 7.34. The van der Waals surface area contributed by atoms with E-state index in [0.29, 0.717) is 18.4 Å². The minimum absolute atomic E-state index is 0.0833. The van der Waals surface area contributed by atoms with Gasteiger partial charge in [0.15, 0.2) is 0 Å². The average Bonchev–Trinajstić information content (AvgIpc) is 2.59. The van der Waals surface area contributed by atoms with Gasteiger partial charge >= 0.3 is 0 Å². The minimum atomic E-state index is -0.257. The predicted molar refractivity (Wildman–Crippen MR) is 87.0 cm³/mol. The number of benzene rings is 1. The zero-order chi connectivity index (χ0) is 16.1. The topological polar surface area (TPSA) is 76.9 Å². The normalized spacial score (nSPS) is 10.6. The Kier molecular flexibility index (Phi) is 4.42. The summed E-state index contributed by atoms with van der Waals surface area (Å²) in [5.74, 6) is -0.232. The largest absolute Gasteiger partial charge is 0.354 e. The number of hydrogen-bond acceptors (Lipinski definition) is 4. The Bertz CT molecular complexity index is 874. The number of amides is 1. The Labute approximate surface area is 132 Å². The van der Waals surface area contributed by atoms with Crippen molar-refractivity contribution in [2.75, 3.05) is 6.54 Å². The van der Waals surface area contributed by atoms with E-state index < -0.39 is 0 Å². The fourth-order valence-electron chi connectivity index (χ4n) is 2.33. The van der Waals surface area contributed by atoms with Gasteiger partial charge in [-0.2, -0.15) is 5.10 Å². The number of nitrogens with zero attached hydrogens (tertiary/aromatic N) is 3. The van der Waals surface area contributed by atoms with E-state index in [1.165, 1.54) is 4.68 Å². The maximum absolute atomic E-state index is 12.3. The average molecular weight is 308 g/mol. The van der Waals surface area contributed by atoms with Crippen LogP contribution in [0.2, 0.25) is 0 Å². The summed E-state index contributed by atoms with van der Waals surface area (Å²) in [4.78, 5) is 28.2. The molecule has 0 spiro atoms. The van der Waals surface area contributed by atoms with E-state index in [9.17, 15) is 9.59 Å². The van der Waals surface area contributed by atoms with E-state index in [1.807, 2.05) is 24.3 Å². The lowest BCUT2D eigenvalue weighted by atomic mass is 10.2. The van der Waals surface area contributed by atoms with Crippen LogP contribution in [-0.4, -0.2) is 27.2 Å². The first-order chi connectivity index (χ1) is 11.2. The van der Waals surface area contributed by atoms with Crippen molar-refractivity contribution in [2.45, 2.75) is 13.0 Å². The molecule has 3 rings (SSSR count). The SMILES string of the molecule is O=C(Cn1ncc2ccccc2c1=O)NCCc1ccncc1. The third-order valence-electron chi connectivity index (χ3n) is 3.54. The fourth-order valence-corrected chi connectivity index (χ4v) is 2.33. The molecule has 3 aromatic rings. The second-order valence-corrected chi connectivity index (χ2v) is 5.15. The summed E-state index contributed by atoms with van der Waals surface area (Å²) < 4.78 is 1.18. The molecule has 0 bridgehead atoms. The number of fused-ring (bicyclic) bond motifs is 1. The van der Waals surface area contributed by atoms with E-state index in [-0.39, 0.29) is 18.0 Å². The molecular formula is C17H16N4O2. The van der Waals surface area contributed by atoms with Gasteiger partial charge < -0.3 is 5.32 Å². The highest BCUT2D eigenvalue weighted by atomic mass is 16.2. The van der Waals surface area contributed by atoms with Crippen LogP contribution in [0.1, 0.15) is 5.56 Å². The van der Waals surface area contributed by atoms with Crippen molar-refractivity contribution in [1.29, 1.82) is 0 Å². The number of hydrogen-bond donors (Lipinski definition) is 1. The van der Waals surface area contributed by atoms with Crippen LogP contribution in [0.15, 0.2) is 59.8 Å². The quantitative estimate of drug-likeness (QED) is 0.767. The molecule has 1 aromatic carbocycles. The van der Waals surface area contributed by atoms with Gasteiger partial charge in [0.05, 0.1) is 11.6 Å². The number of carbonyl (C=O) groups excluding carboxylic acids is 1. The molecule has 0 radical (unpaired) electrons. The molecule has 6 heteroatoms. The van der Waals surface area contributed by atoms with E-state index >= 15 is 0 Å². The van der Waals surface area contributed by atoms with Crippen molar-refractivity contribution in [3.63, 3.8) is 0 Å². The van der Waals surface area contributed by atoms with Crippen molar-refractivity contribution < 1.29 is 4.79 Å². The molecule has 1 N–H and O–H groups in total. The van der Waals surface area contributed by atoms with Crippen LogP contribution in [-0.2, 0) is 17.8 Å². The van der Waals surface area contributed by atoms with Gasteiger partial charge in [0.2, 0.25) is 5.91 Å². The third-order valence-corrected chi connectivity index (χ3v) is 3.54. The van der Waals surface area contributed by atoms with E-state index in [4.69, 9.17) is 0 Å². The lowest BCUT2D eigenvalue weighted by Crippen LogP contribution is -2.34. The molecule has 6 nitrogen and oxygen atoms in total. The number of pyridine rings is 1. The summed E-state index contributed by atoms with van der Waals surface area (Å²) in [5.41, 5.74) is 0.841. The molecule has 0 unspecified atom stereocenters. The fraction of sp³-hybridized carbons (Fsp3) is 0.176. The molecule has 0 saturated carbocycles. The molecule has 2 heterocycles. The molecule has 0 atom stereocenters. The summed E-state index contributed by atoms with van der Waals surface area (Å²) in [5, 5.41) is 8.18. The summed E-state index contributed by atoms with van der Waals surface area (Å²) in [7, 11) is 0. The molecule has 2 aromatic heterocycles. The monoisotopic (exact) mass is 308 g/mol. The molecule has 1 amide bonds. The number of carbonyl (C=O) groups is 1. The molecule has 0 fully saturated rings. The second-order valence-electron chi connectivity index (χ2n) is 5.15. The maximum atomic E-state index is 12.3. The van der Waals surface area contributed by atoms with Crippen molar-refractivity contribution in [3.8, 4) is 0 Å². The zero-order valence-corrected chi connectivity index (χ0v) is 12.5. The van der Waals surface area contributed by atoms with Crippen LogP contribution in [0.25, 0.3) is 10.8 Å². The van der Waals surface area contributed by atoms with Crippen LogP contribution in [0.5, 0.6) is 0 Å². The van der Waals surface area contributed by atoms with Gasteiger partial charge in [-0.25, -0.2) is 4.68 Å². The van der Waals surface area contributed by atoms with Crippen molar-refractivity contribution >= 4 is 16.7 Å².